The highest BCUT2D eigenvalue weighted by Crippen LogP contribution is 2.34. The number of H-pyrrole nitrogens is 1. The fourth-order valence-electron chi connectivity index (χ4n) is 2.74. The second kappa shape index (κ2) is 5.57. The highest BCUT2D eigenvalue weighted by molar-refractivity contribution is 7.89. The summed E-state index contributed by atoms with van der Waals surface area (Å²) in [6, 6.07) is 6.94. The molecule has 0 spiro atoms. The lowest BCUT2D eigenvalue weighted by Crippen LogP contribution is -2.39. The number of hydrogen-bond donors (Lipinski definition) is 1. The van der Waals surface area contributed by atoms with E-state index in [9.17, 15) is 12.8 Å². The first-order chi connectivity index (χ1) is 10.1. The number of hydrogen-bond acceptors (Lipinski definition) is 3. The average Bonchev–Trinajstić information content (AvgIpc) is 3.01. The molecule has 0 bridgehead atoms. The number of sulfonamides is 1. The van der Waals surface area contributed by atoms with Crippen LogP contribution in [-0.2, 0) is 10.0 Å². The molecule has 21 heavy (non-hydrogen) atoms. The molecule has 2 aromatic rings. The summed E-state index contributed by atoms with van der Waals surface area (Å²) in [5.74, 6) is -0.716. The Bertz CT molecular complexity index is 716. The van der Waals surface area contributed by atoms with E-state index < -0.39 is 15.8 Å². The smallest absolute Gasteiger partial charge is 0.246 e. The van der Waals surface area contributed by atoms with Gasteiger partial charge in [0.25, 0.3) is 0 Å². The maximum absolute atomic E-state index is 13.9. The van der Waals surface area contributed by atoms with Crippen LogP contribution in [0.15, 0.2) is 41.4 Å². The van der Waals surface area contributed by atoms with Crippen LogP contribution in [0.25, 0.3) is 0 Å². The summed E-state index contributed by atoms with van der Waals surface area (Å²) in [5.41, 5.74) is 0.745. The number of benzene rings is 1. The van der Waals surface area contributed by atoms with Gasteiger partial charge in [-0.25, -0.2) is 12.8 Å². The first-order valence-corrected chi connectivity index (χ1v) is 8.30. The number of aromatic amines is 1. The molecule has 2 heterocycles. The highest BCUT2D eigenvalue weighted by atomic mass is 32.2. The molecule has 1 aliphatic rings. The van der Waals surface area contributed by atoms with Gasteiger partial charge in [0.2, 0.25) is 10.0 Å². The van der Waals surface area contributed by atoms with E-state index >= 15 is 0 Å². The molecule has 1 N–H and O–H groups in total. The van der Waals surface area contributed by atoms with Gasteiger partial charge in [-0.05, 0) is 31.0 Å². The van der Waals surface area contributed by atoms with Gasteiger partial charge in [-0.3, -0.25) is 5.10 Å². The Balaban J connectivity index is 2.02. The van der Waals surface area contributed by atoms with Crippen LogP contribution in [0.2, 0.25) is 0 Å². The van der Waals surface area contributed by atoms with Crippen LogP contribution in [0.3, 0.4) is 0 Å². The molecule has 1 atom stereocenters. The molecule has 0 radical (unpaired) electrons. The quantitative estimate of drug-likeness (QED) is 0.947. The highest BCUT2D eigenvalue weighted by Gasteiger charge is 2.36. The lowest BCUT2D eigenvalue weighted by molar-refractivity contribution is 0.250. The predicted octanol–water partition coefficient (Wildman–Crippen LogP) is 2.46. The van der Waals surface area contributed by atoms with Crippen molar-refractivity contribution in [2.24, 2.45) is 0 Å². The van der Waals surface area contributed by atoms with E-state index in [1.807, 2.05) is 0 Å². The monoisotopic (exact) mass is 309 g/mol. The summed E-state index contributed by atoms with van der Waals surface area (Å²) >= 11 is 0. The van der Waals surface area contributed by atoms with Crippen LogP contribution in [0, 0.1) is 5.82 Å². The van der Waals surface area contributed by atoms with E-state index in [0.717, 1.165) is 18.5 Å². The molecule has 112 valence electrons. The summed E-state index contributed by atoms with van der Waals surface area (Å²) in [5, 5.41) is 6.71. The van der Waals surface area contributed by atoms with E-state index in [4.69, 9.17) is 0 Å². The number of rotatable bonds is 3. The van der Waals surface area contributed by atoms with Crippen LogP contribution in [-0.4, -0.2) is 29.5 Å². The maximum Gasteiger partial charge on any atom is 0.246 e. The Morgan fingerprint density at radius 1 is 1.24 bits per heavy atom. The normalized spacial score (nSPS) is 20.5. The molecule has 1 fully saturated rings. The van der Waals surface area contributed by atoms with E-state index in [-0.39, 0.29) is 10.9 Å². The van der Waals surface area contributed by atoms with E-state index in [2.05, 4.69) is 10.2 Å². The Kier molecular flexibility index (Phi) is 3.77. The Morgan fingerprint density at radius 3 is 2.76 bits per heavy atom. The van der Waals surface area contributed by atoms with Crippen molar-refractivity contribution in [1.29, 1.82) is 0 Å². The average molecular weight is 309 g/mol. The summed E-state index contributed by atoms with van der Waals surface area (Å²) in [7, 11) is -3.86. The van der Waals surface area contributed by atoms with Gasteiger partial charge in [0, 0.05) is 12.7 Å². The minimum Gasteiger partial charge on any atom is -0.281 e. The fourth-order valence-corrected chi connectivity index (χ4v) is 4.48. The summed E-state index contributed by atoms with van der Waals surface area (Å²) in [6.45, 7) is 0.389. The first kappa shape index (κ1) is 14.2. The molecule has 0 saturated carbocycles. The second-order valence-electron chi connectivity index (χ2n) is 5.07. The zero-order chi connectivity index (χ0) is 14.9. The number of piperidine rings is 1. The number of aromatic nitrogens is 2. The molecule has 0 amide bonds. The van der Waals surface area contributed by atoms with Crippen molar-refractivity contribution < 1.29 is 12.8 Å². The van der Waals surface area contributed by atoms with Gasteiger partial charge in [0.05, 0.1) is 11.7 Å². The lowest BCUT2D eigenvalue weighted by Gasteiger charge is -2.34. The van der Waals surface area contributed by atoms with Gasteiger partial charge in [0.1, 0.15) is 10.7 Å². The Labute approximate surface area is 122 Å². The van der Waals surface area contributed by atoms with Crippen LogP contribution in [0.5, 0.6) is 0 Å². The summed E-state index contributed by atoms with van der Waals surface area (Å²) < 4.78 is 40.8. The number of halogens is 1. The Hall–Kier alpha value is -1.73. The minimum absolute atomic E-state index is 0.267. The van der Waals surface area contributed by atoms with E-state index in [1.165, 1.54) is 28.6 Å². The fraction of sp³-hybridized carbons (Fsp3) is 0.357. The van der Waals surface area contributed by atoms with E-state index in [1.54, 1.807) is 12.3 Å². The molecular weight excluding hydrogens is 293 g/mol. The molecule has 0 aliphatic carbocycles. The van der Waals surface area contributed by atoms with Crippen LogP contribution < -0.4 is 0 Å². The molecule has 1 aliphatic heterocycles. The van der Waals surface area contributed by atoms with Gasteiger partial charge in [-0.1, -0.05) is 18.6 Å². The van der Waals surface area contributed by atoms with Crippen molar-refractivity contribution >= 4 is 10.0 Å². The zero-order valence-corrected chi connectivity index (χ0v) is 12.2. The van der Waals surface area contributed by atoms with Crippen LogP contribution in [0.4, 0.5) is 4.39 Å². The third-order valence-corrected chi connectivity index (χ3v) is 5.70. The van der Waals surface area contributed by atoms with Crippen LogP contribution >= 0.6 is 0 Å². The third-order valence-electron chi connectivity index (χ3n) is 3.76. The molecule has 1 unspecified atom stereocenters. The molecule has 1 aromatic heterocycles. The topological polar surface area (TPSA) is 66.1 Å². The van der Waals surface area contributed by atoms with Crippen LogP contribution in [0.1, 0.15) is 31.0 Å². The minimum atomic E-state index is -3.86. The molecule has 3 rings (SSSR count). The van der Waals surface area contributed by atoms with Crippen molar-refractivity contribution in [2.45, 2.75) is 30.2 Å². The molecule has 1 saturated heterocycles. The van der Waals surface area contributed by atoms with Gasteiger partial charge in [-0.15, -0.1) is 0 Å². The van der Waals surface area contributed by atoms with Crippen molar-refractivity contribution in [1.82, 2.24) is 14.5 Å². The maximum atomic E-state index is 13.9. The zero-order valence-electron chi connectivity index (χ0n) is 11.4. The van der Waals surface area contributed by atoms with Gasteiger partial charge in [0.15, 0.2) is 0 Å². The molecule has 1 aromatic carbocycles. The van der Waals surface area contributed by atoms with Gasteiger partial charge < -0.3 is 0 Å². The summed E-state index contributed by atoms with van der Waals surface area (Å²) in [4.78, 5) is -0.267. The number of nitrogens with one attached hydrogen (secondary N) is 1. The SMILES string of the molecule is O=S(=O)(c1ccccc1F)N1CCCCC1c1ccn[nH]1. The van der Waals surface area contributed by atoms with Gasteiger partial charge in [-0.2, -0.15) is 9.40 Å². The van der Waals surface area contributed by atoms with Gasteiger partial charge >= 0.3 is 0 Å². The standard InChI is InChI=1S/C14H16FN3O2S/c15-11-5-1-2-7-14(11)21(19,20)18-10-4-3-6-13(18)12-8-9-16-17-12/h1-2,5,7-9,13H,3-4,6,10H2,(H,16,17). The van der Waals surface area contributed by atoms with E-state index in [0.29, 0.717) is 13.0 Å². The largest absolute Gasteiger partial charge is 0.281 e. The first-order valence-electron chi connectivity index (χ1n) is 6.86. The lowest BCUT2D eigenvalue weighted by atomic mass is 10.0. The molecule has 5 nitrogen and oxygen atoms in total. The second-order valence-corrected chi connectivity index (χ2v) is 6.93. The Morgan fingerprint density at radius 2 is 2.05 bits per heavy atom. The molecular formula is C14H16FN3O2S. The third kappa shape index (κ3) is 2.58. The van der Waals surface area contributed by atoms with Crippen molar-refractivity contribution in [3.8, 4) is 0 Å². The van der Waals surface area contributed by atoms with Crippen molar-refractivity contribution in [2.75, 3.05) is 6.54 Å². The number of nitrogens with zero attached hydrogens (tertiary/aromatic N) is 2. The molecule has 7 heteroatoms. The van der Waals surface area contributed by atoms with Crippen molar-refractivity contribution in [3.05, 3.63) is 48.0 Å². The van der Waals surface area contributed by atoms with Crippen molar-refractivity contribution in [3.63, 3.8) is 0 Å². The predicted molar refractivity (Wildman–Crippen MR) is 75.5 cm³/mol. The summed E-state index contributed by atoms with van der Waals surface area (Å²) in [6.07, 6.45) is 4.01.